The zero-order valence-electron chi connectivity index (χ0n) is 18.6. The van der Waals surface area contributed by atoms with E-state index in [4.69, 9.17) is 5.73 Å². The van der Waals surface area contributed by atoms with Crippen molar-refractivity contribution in [2.45, 2.75) is 39.3 Å². The van der Waals surface area contributed by atoms with Gasteiger partial charge in [-0.1, -0.05) is 49.8 Å². The van der Waals surface area contributed by atoms with Gasteiger partial charge in [-0.25, -0.2) is 0 Å². The minimum absolute atomic E-state index is 0.388. The molecule has 1 aliphatic heterocycles. The van der Waals surface area contributed by atoms with Gasteiger partial charge in [-0.05, 0) is 59.4 Å². The van der Waals surface area contributed by atoms with Crippen LogP contribution in [0.15, 0.2) is 67.0 Å². The maximum atomic E-state index is 12.5. The van der Waals surface area contributed by atoms with Crippen molar-refractivity contribution in [1.82, 2.24) is 10.3 Å². The molecule has 0 atom stereocenters. The second-order valence-electron chi connectivity index (χ2n) is 8.10. The average Bonchev–Trinajstić information content (AvgIpc) is 2.83. The molecule has 1 aliphatic rings. The molecular formula is C27H30N4O. The predicted octanol–water partition coefficient (Wildman–Crippen LogP) is 4.98. The topological polar surface area (TPSA) is 71.2 Å². The van der Waals surface area contributed by atoms with Gasteiger partial charge in [0, 0.05) is 37.7 Å². The Kier molecular flexibility index (Phi) is 6.97. The monoisotopic (exact) mass is 426 g/mol. The van der Waals surface area contributed by atoms with Gasteiger partial charge in [0.1, 0.15) is 0 Å². The molecule has 3 aromatic rings. The molecular weight excluding hydrogens is 396 g/mol. The quantitative estimate of drug-likeness (QED) is 0.506. The Bertz CT molecular complexity index is 1110. The molecule has 0 aliphatic carbocycles. The van der Waals surface area contributed by atoms with Gasteiger partial charge in [-0.3, -0.25) is 9.78 Å². The minimum Gasteiger partial charge on any atom is -0.366 e. The SMILES string of the molecule is CCCCc1c(CNCc2ccncc2)ccc(C(N)=O)c1N1CC=Cc2ccccc21. The molecule has 0 fully saturated rings. The molecule has 5 nitrogen and oxygen atoms in total. The highest BCUT2D eigenvalue weighted by atomic mass is 16.1. The molecule has 2 heterocycles. The van der Waals surface area contributed by atoms with Crippen molar-refractivity contribution >= 4 is 23.4 Å². The summed E-state index contributed by atoms with van der Waals surface area (Å²) in [6.45, 7) is 4.39. The van der Waals surface area contributed by atoms with Crippen molar-refractivity contribution in [1.29, 1.82) is 0 Å². The summed E-state index contributed by atoms with van der Waals surface area (Å²) in [6, 6.07) is 16.3. The van der Waals surface area contributed by atoms with Gasteiger partial charge in [-0.2, -0.15) is 0 Å². The molecule has 2 aromatic carbocycles. The predicted molar refractivity (Wildman–Crippen MR) is 131 cm³/mol. The van der Waals surface area contributed by atoms with Crippen molar-refractivity contribution < 1.29 is 4.79 Å². The third-order valence-corrected chi connectivity index (χ3v) is 5.90. The summed E-state index contributed by atoms with van der Waals surface area (Å²) in [7, 11) is 0. The molecule has 0 bridgehead atoms. The lowest BCUT2D eigenvalue weighted by Gasteiger charge is -2.32. The van der Waals surface area contributed by atoms with Gasteiger partial charge < -0.3 is 16.0 Å². The molecule has 0 unspecified atom stereocenters. The van der Waals surface area contributed by atoms with Crippen LogP contribution in [0.5, 0.6) is 0 Å². The summed E-state index contributed by atoms with van der Waals surface area (Å²) in [5.41, 5.74) is 13.3. The Morgan fingerprint density at radius 2 is 1.91 bits per heavy atom. The number of benzene rings is 2. The molecule has 0 radical (unpaired) electrons. The zero-order chi connectivity index (χ0) is 22.3. The van der Waals surface area contributed by atoms with Gasteiger partial charge in [0.15, 0.2) is 0 Å². The summed E-state index contributed by atoms with van der Waals surface area (Å²) >= 11 is 0. The van der Waals surface area contributed by atoms with E-state index >= 15 is 0 Å². The van der Waals surface area contributed by atoms with Crippen LogP contribution in [-0.4, -0.2) is 17.4 Å². The Labute approximate surface area is 190 Å². The number of nitrogens with zero attached hydrogens (tertiary/aromatic N) is 2. The first kappa shape index (κ1) is 21.8. The normalized spacial score (nSPS) is 12.6. The van der Waals surface area contributed by atoms with E-state index in [0.717, 1.165) is 49.3 Å². The number of nitrogens with one attached hydrogen (secondary N) is 1. The lowest BCUT2D eigenvalue weighted by Crippen LogP contribution is -2.27. The van der Waals surface area contributed by atoms with E-state index < -0.39 is 0 Å². The number of pyridine rings is 1. The lowest BCUT2D eigenvalue weighted by molar-refractivity contribution is 0.100. The molecule has 164 valence electrons. The molecule has 0 spiro atoms. The number of nitrogens with two attached hydrogens (primary N) is 1. The van der Waals surface area contributed by atoms with Crippen LogP contribution in [0.4, 0.5) is 11.4 Å². The number of hydrogen-bond acceptors (Lipinski definition) is 4. The minimum atomic E-state index is -0.388. The van der Waals surface area contributed by atoms with Crippen LogP contribution in [-0.2, 0) is 19.5 Å². The van der Waals surface area contributed by atoms with E-state index in [0.29, 0.717) is 12.1 Å². The standard InChI is InChI=1S/C27H30N4O/c1-2-3-9-23-22(19-30-18-20-13-15-29-16-14-20)11-12-24(27(28)32)26(23)31-17-6-8-21-7-4-5-10-25(21)31/h4-8,10-16,30H,2-3,9,17-19H2,1H3,(H2,28,32). The van der Waals surface area contributed by atoms with Crippen LogP contribution in [0.1, 0.15) is 52.4 Å². The van der Waals surface area contributed by atoms with Gasteiger partial charge in [0.2, 0.25) is 0 Å². The van der Waals surface area contributed by atoms with E-state index in [1.807, 2.05) is 42.7 Å². The number of anilines is 2. The molecule has 32 heavy (non-hydrogen) atoms. The number of primary amides is 1. The Balaban J connectivity index is 1.73. The van der Waals surface area contributed by atoms with E-state index in [1.54, 1.807) is 0 Å². The van der Waals surface area contributed by atoms with E-state index in [-0.39, 0.29) is 5.91 Å². The Hall–Kier alpha value is -3.44. The largest absolute Gasteiger partial charge is 0.366 e. The highest BCUT2D eigenvalue weighted by molar-refractivity contribution is 6.01. The smallest absolute Gasteiger partial charge is 0.250 e. The second kappa shape index (κ2) is 10.2. The fourth-order valence-electron chi connectivity index (χ4n) is 4.29. The Morgan fingerprint density at radius 1 is 1.09 bits per heavy atom. The van der Waals surface area contributed by atoms with E-state index in [9.17, 15) is 4.79 Å². The zero-order valence-corrected chi connectivity index (χ0v) is 18.6. The van der Waals surface area contributed by atoms with Crippen LogP contribution in [0, 0.1) is 0 Å². The van der Waals surface area contributed by atoms with Crippen LogP contribution >= 0.6 is 0 Å². The summed E-state index contributed by atoms with van der Waals surface area (Å²) in [6.07, 6.45) is 10.9. The number of aromatic nitrogens is 1. The number of carbonyl (C=O) groups is 1. The average molecular weight is 427 g/mol. The van der Waals surface area contributed by atoms with Crippen molar-refractivity contribution in [3.05, 3.63) is 94.8 Å². The highest BCUT2D eigenvalue weighted by Gasteiger charge is 2.24. The summed E-state index contributed by atoms with van der Waals surface area (Å²) < 4.78 is 0. The summed E-state index contributed by atoms with van der Waals surface area (Å²) in [5, 5.41) is 3.56. The number of unbranched alkanes of at least 4 members (excludes halogenated alkanes) is 1. The fraction of sp³-hybridized carbons (Fsp3) is 0.259. The summed E-state index contributed by atoms with van der Waals surface area (Å²) in [4.78, 5) is 18.8. The third-order valence-electron chi connectivity index (χ3n) is 5.90. The van der Waals surface area contributed by atoms with Gasteiger partial charge in [0.05, 0.1) is 11.3 Å². The number of rotatable bonds is 9. The number of para-hydroxylation sites is 1. The van der Waals surface area contributed by atoms with Crippen LogP contribution in [0.2, 0.25) is 0 Å². The maximum absolute atomic E-state index is 12.5. The van der Waals surface area contributed by atoms with E-state index in [1.165, 1.54) is 16.7 Å². The first-order chi connectivity index (χ1) is 15.7. The number of fused-ring (bicyclic) bond motifs is 1. The first-order valence-electron chi connectivity index (χ1n) is 11.3. The highest BCUT2D eigenvalue weighted by Crippen LogP contribution is 2.38. The van der Waals surface area contributed by atoms with Gasteiger partial charge >= 0.3 is 0 Å². The lowest BCUT2D eigenvalue weighted by atomic mass is 9.93. The number of amides is 1. The Morgan fingerprint density at radius 3 is 2.69 bits per heavy atom. The molecule has 5 heteroatoms. The van der Waals surface area contributed by atoms with Gasteiger partial charge in [0.25, 0.3) is 5.91 Å². The number of hydrogen-bond donors (Lipinski definition) is 2. The third kappa shape index (κ3) is 4.73. The van der Waals surface area contributed by atoms with E-state index in [2.05, 4.69) is 52.5 Å². The second-order valence-corrected chi connectivity index (χ2v) is 8.10. The van der Waals surface area contributed by atoms with Crippen LogP contribution in [0.3, 0.4) is 0 Å². The van der Waals surface area contributed by atoms with Crippen molar-refractivity contribution in [2.75, 3.05) is 11.4 Å². The van der Waals surface area contributed by atoms with Crippen LogP contribution in [0.25, 0.3) is 6.08 Å². The first-order valence-corrected chi connectivity index (χ1v) is 11.3. The van der Waals surface area contributed by atoms with Crippen molar-refractivity contribution in [3.63, 3.8) is 0 Å². The summed E-state index contributed by atoms with van der Waals surface area (Å²) in [5.74, 6) is -0.388. The van der Waals surface area contributed by atoms with Gasteiger partial charge in [-0.15, -0.1) is 0 Å². The molecule has 1 amide bonds. The van der Waals surface area contributed by atoms with Crippen molar-refractivity contribution in [3.8, 4) is 0 Å². The molecule has 4 rings (SSSR count). The molecule has 1 aromatic heterocycles. The fourth-order valence-corrected chi connectivity index (χ4v) is 4.29. The molecule has 0 saturated carbocycles. The number of carbonyl (C=O) groups excluding carboxylic acids is 1. The maximum Gasteiger partial charge on any atom is 0.250 e. The van der Waals surface area contributed by atoms with Crippen LogP contribution < -0.4 is 16.0 Å². The molecule has 3 N–H and O–H groups in total. The van der Waals surface area contributed by atoms with Crippen molar-refractivity contribution in [2.24, 2.45) is 5.73 Å². The molecule has 0 saturated heterocycles.